The van der Waals surface area contributed by atoms with E-state index in [1.165, 1.54) is 18.2 Å². The normalized spacial score (nSPS) is 23.1. The maximum atomic E-state index is 12.0. The molecule has 2 rings (SSSR count). The molecule has 1 saturated carbocycles. The van der Waals surface area contributed by atoms with Gasteiger partial charge in [0.05, 0.1) is 16.7 Å². The first kappa shape index (κ1) is 12.4. The lowest BCUT2D eigenvalue weighted by molar-refractivity contribution is 0.578. The van der Waals surface area contributed by atoms with Crippen molar-refractivity contribution in [1.29, 1.82) is 5.26 Å². The van der Waals surface area contributed by atoms with Crippen molar-refractivity contribution < 1.29 is 8.42 Å². The summed E-state index contributed by atoms with van der Waals surface area (Å²) < 4.78 is 26.5. The highest BCUT2D eigenvalue weighted by Gasteiger charge is 2.36. The third-order valence-corrected chi connectivity index (χ3v) is 4.74. The largest absolute Gasteiger partial charge is 0.242 e. The first-order valence-corrected chi connectivity index (χ1v) is 7.02. The molecular weight excluding hydrogens is 260 g/mol. The highest BCUT2D eigenvalue weighted by atomic mass is 35.5. The molecule has 0 heterocycles. The Bertz CT molecular complexity index is 592. The van der Waals surface area contributed by atoms with Crippen LogP contribution in [0.1, 0.15) is 18.9 Å². The summed E-state index contributed by atoms with van der Waals surface area (Å²) in [5.41, 5.74) is 0.341. The first-order valence-electron chi connectivity index (χ1n) is 5.16. The minimum absolute atomic E-state index is 0.00621. The number of nitrogens with one attached hydrogen (secondary N) is 1. The van der Waals surface area contributed by atoms with Crippen LogP contribution in [-0.4, -0.2) is 14.5 Å². The van der Waals surface area contributed by atoms with Crippen molar-refractivity contribution in [1.82, 2.24) is 4.72 Å². The van der Waals surface area contributed by atoms with Crippen molar-refractivity contribution in [3.8, 4) is 6.07 Å². The van der Waals surface area contributed by atoms with Gasteiger partial charge in [0, 0.05) is 6.04 Å². The molecule has 0 amide bonds. The summed E-state index contributed by atoms with van der Waals surface area (Å²) in [6.07, 6.45) is 0.854. The van der Waals surface area contributed by atoms with Crippen LogP contribution in [0.4, 0.5) is 0 Å². The van der Waals surface area contributed by atoms with E-state index in [4.69, 9.17) is 16.9 Å². The predicted molar refractivity (Wildman–Crippen MR) is 64.1 cm³/mol. The van der Waals surface area contributed by atoms with Crippen molar-refractivity contribution >= 4 is 21.6 Å². The van der Waals surface area contributed by atoms with E-state index in [0.717, 1.165) is 6.42 Å². The van der Waals surface area contributed by atoms with E-state index < -0.39 is 10.0 Å². The summed E-state index contributed by atoms with van der Waals surface area (Å²) in [6, 6.07) is 6.07. The number of nitriles is 1. The Balaban J connectivity index is 2.30. The Morgan fingerprint density at radius 3 is 2.65 bits per heavy atom. The van der Waals surface area contributed by atoms with Crippen LogP contribution < -0.4 is 4.72 Å². The molecule has 0 aliphatic heterocycles. The Hall–Kier alpha value is -1.09. The molecule has 1 fully saturated rings. The molecule has 0 spiro atoms. The fourth-order valence-corrected chi connectivity index (χ4v) is 3.44. The van der Waals surface area contributed by atoms with Gasteiger partial charge in [-0.1, -0.05) is 18.5 Å². The van der Waals surface area contributed by atoms with Gasteiger partial charge in [-0.15, -0.1) is 0 Å². The van der Waals surface area contributed by atoms with Gasteiger partial charge in [0.2, 0.25) is 10.0 Å². The summed E-state index contributed by atoms with van der Waals surface area (Å²) in [6.45, 7) is 1.98. The molecule has 0 radical (unpaired) electrons. The summed E-state index contributed by atoms with van der Waals surface area (Å²) in [4.78, 5) is 0.0252. The van der Waals surface area contributed by atoms with E-state index in [-0.39, 0.29) is 16.0 Å². The van der Waals surface area contributed by atoms with Crippen LogP contribution in [-0.2, 0) is 10.0 Å². The number of hydrogen-bond donors (Lipinski definition) is 1. The topological polar surface area (TPSA) is 70.0 Å². The lowest BCUT2D eigenvalue weighted by Gasteiger charge is -2.07. The van der Waals surface area contributed by atoms with Gasteiger partial charge < -0.3 is 0 Å². The fourth-order valence-electron chi connectivity index (χ4n) is 1.54. The number of rotatable bonds is 3. The first-order chi connectivity index (χ1) is 7.94. The minimum atomic E-state index is -3.58. The van der Waals surface area contributed by atoms with Crippen LogP contribution in [0.3, 0.4) is 0 Å². The van der Waals surface area contributed by atoms with Gasteiger partial charge in [0.25, 0.3) is 0 Å². The molecule has 0 bridgehead atoms. The standard InChI is InChI=1S/C11H11ClN2O2S/c1-7-4-10(7)14-17(15,16)11-3-2-8(6-13)5-9(11)12/h2-3,5,7,10,14H,4H2,1H3. The third-order valence-electron chi connectivity index (χ3n) is 2.77. The molecule has 1 aromatic rings. The molecule has 0 aromatic heterocycles. The third kappa shape index (κ3) is 2.60. The summed E-state index contributed by atoms with van der Waals surface area (Å²) in [5.74, 6) is 0.377. The Labute approximate surface area is 105 Å². The molecule has 90 valence electrons. The van der Waals surface area contributed by atoms with Crippen molar-refractivity contribution in [2.75, 3.05) is 0 Å². The van der Waals surface area contributed by atoms with Crippen LogP contribution in [0.2, 0.25) is 5.02 Å². The average molecular weight is 271 g/mol. The molecule has 1 aliphatic rings. The molecule has 0 saturated heterocycles. The summed E-state index contributed by atoms with van der Waals surface area (Å²) >= 11 is 5.86. The molecule has 2 unspecified atom stereocenters. The van der Waals surface area contributed by atoms with Crippen LogP contribution >= 0.6 is 11.6 Å². The van der Waals surface area contributed by atoms with E-state index in [9.17, 15) is 8.42 Å². The van der Waals surface area contributed by atoms with Gasteiger partial charge >= 0.3 is 0 Å². The number of sulfonamides is 1. The number of hydrogen-bond acceptors (Lipinski definition) is 3. The van der Waals surface area contributed by atoms with E-state index in [1.807, 2.05) is 13.0 Å². The number of benzene rings is 1. The molecule has 4 nitrogen and oxygen atoms in total. The maximum absolute atomic E-state index is 12.0. The van der Waals surface area contributed by atoms with E-state index in [0.29, 0.717) is 11.5 Å². The van der Waals surface area contributed by atoms with Gasteiger partial charge in [-0.25, -0.2) is 13.1 Å². The van der Waals surface area contributed by atoms with E-state index in [1.54, 1.807) is 0 Å². The van der Waals surface area contributed by atoms with Crippen LogP contribution in [0.25, 0.3) is 0 Å². The van der Waals surface area contributed by atoms with Crippen molar-refractivity contribution in [2.45, 2.75) is 24.3 Å². The second-order valence-corrected chi connectivity index (χ2v) is 6.29. The number of nitrogens with zero attached hydrogens (tertiary/aromatic N) is 1. The van der Waals surface area contributed by atoms with Gasteiger partial charge in [0.1, 0.15) is 4.90 Å². The van der Waals surface area contributed by atoms with Crippen LogP contribution in [0.15, 0.2) is 23.1 Å². The quantitative estimate of drug-likeness (QED) is 0.912. The molecule has 6 heteroatoms. The van der Waals surface area contributed by atoms with Gasteiger partial charge in [-0.2, -0.15) is 5.26 Å². The zero-order valence-electron chi connectivity index (χ0n) is 9.14. The maximum Gasteiger partial charge on any atom is 0.242 e. The van der Waals surface area contributed by atoms with E-state index in [2.05, 4.69) is 4.72 Å². The monoisotopic (exact) mass is 270 g/mol. The molecule has 1 N–H and O–H groups in total. The predicted octanol–water partition coefficient (Wildman–Crippen LogP) is 1.90. The fraction of sp³-hybridized carbons (Fsp3) is 0.364. The van der Waals surface area contributed by atoms with Crippen molar-refractivity contribution in [3.63, 3.8) is 0 Å². The zero-order valence-corrected chi connectivity index (χ0v) is 10.7. The Morgan fingerprint density at radius 2 is 2.18 bits per heavy atom. The molecular formula is C11H11ClN2O2S. The zero-order chi connectivity index (χ0) is 12.6. The van der Waals surface area contributed by atoms with E-state index >= 15 is 0 Å². The van der Waals surface area contributed by atoms with Gasteiger partial charge in [-0.05, 0) is 30.5 Å². The van der Waals surface area contributed by atoms with Crippen LogP contribution in [0.5, 0.6) is 0 Å². The highest BCUT2D eigenvalue weighted by Crippen LogP contribution is 2.32. The van der Waals surface area contributed by atoms with Gasteiger partial charge in [-0.3, -0.25) is 0 Å². The minimum Gasteiger partial charge on any atom is -0.208 e. The van der Waals surface area contributed by atoms with Crippen molar-refractivity contribution in [3.05, 3.63) is 28.8 Å². The Kier molecular flexibility index (Phi) is 3.13. The lowest BCUT2D eigenvalue weighted by atomic mass is 10.2. The second-order valence-electron chi connectivity index (χ2n) is 4.20. The van der Waals surface area contributed by atoms with Crippen molar-refractivity contribution in [2.24, 2.45) is 5.92 Å². The molecule has 1 aliphatic carbocycles. The highest BCUT2D eigenvalue weighted by molar-refractivity contribution is 7.89. The molecule has 17 heavy (non-hydrogen) atoms. The van der Waals surface area contributed by atoms with Crippen LogP contribution in [0, 0.1) is 17.2 Å². The smallest absolute Gasteiger partial charge is 0.208 e. The lowest BCUT2D eigenvalue weighted by Crippen LogP contribution is -2.27. The Morgan fingerprint density at radius 1 is 1.53 bits per heavy atom. The molecule has 1 aromatic carbocycles. The summed E-state index contributed by atoms with van der Waals surface area (Å²) in [5, 5.41) is 8.75. The molecule has 2 atom stereocenters. The van der Waals surface area contributed by atoms with Gasteiger partial charge in [0.15, 0.2) is 0 Å². The summed E-state index contributed by atoms with van der Waals surface area (Å²) in [7, 11) is -3.58. The SMILES string of the molecule is CC1CC1NS(=O)(=O)c1ccc(C#N)cc1Cl. The second kappa shape index (κ2) is 4.30. The number of halogens is 1. The average Bonchev–Trinajstić information content (AvgIpc) is 2.92.